The fourth-order valence-electron chi connectivity index (χ4n) is 1.35. The standard InChI is InChI=1S/C12H14BrN3O2S/c13-9-3-1-2-4-10(9)19-8-11-15-12(18-16-11)7-17-6-5-14/h1-4H,5-8,14H2. The van der Waals surface area contributed by atoms with Gasteiger partial charge in [-0.1, -0.05) is 17.3 Å². The van der Waals surface area contributed by atoms with E-state index in [-0.39, 0.29) is 0 Å². The summed E-state index contributed by atoms with van der Waals surface area (Å²) in [6, 6.07) is 8.02. The molecule has 2 aromatic rings. The quantitative estimate of drug-likeness (QED) is 0.615. The van der Waals surface area contributed by atoms with E-state index in [0.717, 1.165) is 9.37 Å². The fourth-order valence-corrected chi connectivity index (χ4v) is 2.77. The van der Waals surface area contributed by atoms with Crippen LogP contribution in [-0.2, 0) is 17.1 Å². The molecule has 102 valence electrons. The second-order valence-electron chi connectivity index (χ2n) is 3.66. The molecule has 0 spiro atoms. The number of rotatable bonds is 7. The fraction of sp³-hybridized carbons (Fsp3) is 0.333. The number of halogens is 1. The van der Waals surface area contributed by atoms with E-state index in [4.69, 9.17) is 15.0 Å². The Bertz CT molecular complexity index is 521. The SMILES string of the molecule is NCCOCc1nc(CSc2ccccc2Br)no1. The Labute approximate surface area is 124 Å². The van der Waals surface area contributed by atoms with E-state index in [1.165, 1.54) is 0 Å². The monoisotopic (exact) mass is 343 g/mol. The van der Waals surface area contributed by atoms with Crippen LogP contribution in [0.5, 0.6) is 0 Å². The first-order valence-corrected chi connectivity index (χ1v) is 7.54. The molecule has 0 aliphatic heterocycles. The van der Waals surface area contributed by atoms with Gasteiger partial charge in [0.2, 0.25) is 0 Å². The van der Waals surface area contributed by atoms with Gasteiger partial charge in [-0.3, -0.25) is 0 Å². The Balaban J connectivity index is 1.85. The van der Waals surface area contributed by atoms with Crippen LogP contribution >= 0.6 is 27.7 Å². The van der Waals surface area contributed by atoms with Crippen molar-refractivity contribution in [1.82, 2.24) is 10.1 Å². The summed E-state index contributed by atoms with van der Waals surface area (Å²) in [5.41, 5.74) is 5.32. The molecular formula is C12H14BrN3O2S. The largest absolute Gasteiger partial charge is 0.370 e. The molecule has 19 heavy (non-hydrogen) atoms. The lowest BCUT2D eigenvalue weighted by molar-refractivity contribution is 0.104. The van der Waals surface area contributed by atoms with Crippen LogP contribution in [0.15, 0.2) is 38.2 Å². The second kappa shape index (κ2) is 7.64. The Morgan fingerprint density at radius 3 is 3.00 bits per heavy atom. The van der Waals surface area contributed by atoms with Crippen LogP contribution in [-0.4, -0.2) is 23.3 Å². The first-order valence-electron chi connectivity index (χ1n) is 5.76. The van der Waals surface area contributed by atoms with Gasteiger partial charge in [0.25, 0.3) is 5.89 Å². The highest BCUT2D eigenvalue weighted by Gasteiger charge is 2.08. The number of ether oxygens (including phenoxy) is 1. The molecule has 2 rings (SSSR count). The minimum absolute atomic E-state index is 0.309. The van der Waals surface area contributed by atoms with E-state index in [2.05, 4.69) is 26.1 Å². The first kappa shape index (κ1) is 14.5. The van der Waals surface area contributed by atoms with Gasteiger partial charge in [-0.2, -0.15) is 4.98 Å². The van der Waals surface area contributed by atoms with Crippen molar-refractivity contribution < 1.29 is 9.26 Å². The predicted molar refractivity (Wildman–Crippen MR) is 76.7 cm³/mol. The Kier molecular flexibility index (Phi) is 5.84. The van der Waals surface area contributed by atoms with E-state index in [9.17, 15) is 0 Å². The smallest absolute Gasteiger partial charge is 0.252 e. The zero-order valence-electron chi connectivity index (χ0n) is 10.2. The highest BCUT2D eigenvalue weighted by atomic mass is 79.9. The van der Waals surface area contributed by atoms with Gasteiger partial charge in [-0.25, -0.2) is 0 Å². The first-order chi connectivity index (χ1) is 9.29. The predicted octanol–water partition coefficient (Wildman–Crippen LogP) is 2.60. The number of aromatic nitrogens is 2. The van der Waals surface area contributed by atoms with Crippen molar-refractivity contribution in [2.75, 3.05) is 13.2 Å². The number of hydrogen-bond donors (Lipinski definition) is 1. The topological polar surface area (TPSA) is 74.2 Å². The summed E-state index contributed by atoms with van der Waals surface area (Å²) in [6.07, 6.45) is 0. The summed E-state index contributed by atoms with van der Waals surface area (Å²) in [4.78, 5) is 5.39. The van der Waals surface area contributed by atoms with Crippen molar-refractivity contribution in [3.05, 3.63) is 40.5 Å². The summed E-state index contributed by atoms with van der Waals surface area (Å²) in [5, 5.41) is 3.91. The summed E-state index contributed by atoms with van der Waals surface area (Å²) in [5.74, 6) is 1.80. The summed E-state index contributed by atoms with van der Waals surface area (Å²) in [7, 11) is 0. The molecule has 0 aliphatic carbocycles. The van der Waals surface area contributed by atoms with Gasteiger partial charge in [0, 0.05) is 15.9 Å². The number of nitrogens with zero attached hydrogens (tertiary/aromatic N) is 2. The van der Waals surface area contributed by atoms with Gasteiger partial charge in [0.15, 0.2) is 5.82 Å². The molecular weight excluding hydrogens is 330 g/mol. The van der Waals surface area contributed by atoms with Crippen LogP contribution in [0.2, 0.25) is 0 Å². The van der Waals surface area contributed by atoms with Crippen LogP contribution < -0.4 is 5.73 Å². The van der Waals surface area contributed by atoms with Gasteiger partial charge in [-0.05, 0) is 28.1 Å². The van der Waals surface area contributed by atoms with E-state index in [0.29, 0.717) is 37.2 Å². The van der Waals surface area contributed by atoms with Gasteiger partial charge < -0.3 is 15.0 Å². The zero-order chi connectivity index (χ0) is 13.5. The third-order valence-corrected chi connectivity index (χ3v) is 4.21. The molecule has 0 radical (unpaired) electrons. The van der Waals surface area contributed by atoms with Crippen molar-refractivity contribution in [3.63, 3.8) is 0 Å². The summed E-state index contributed by atoms with van der Waals surface area (Å²) < 4.78 is 11.4. The van der Waals surface area contributed by atoms with Gasteiger partial charge in [0.05, 0.1) is 12.4 Å². The lowest BCUT2D eigenvalue weighted by Crippen LogP contribution is -2.08. The normalized spacial score (nSPS) is 10.8. The lowest BCUT2D eigenvalue weighted by Gasteiger charge is -2.00. The van der Waals surface area contributed by atoms with E-state index in [1.807, 2.05) is 24.3 Å². The van der Waals surface area contributed by atoms with Crippen molar-refractivity contribution in [2.24, 2.45) is 5.73 Å². The van der Waals surface area contributed by atoms with E-state index >= 15 is 0 Å². The molecule has 1 heterocycles. The average molecular weight is 344 g/mol. The molecule has 0 atom stereocenters. The van der Waals surface area contributed by atoms with Crippen molar-refractivity contribution >= 4 is 27.7 Å². The Morgan fingerprint density at radius 1 is 1.37 bits per heavy atom. The molecule has 0 unspecified atom stereocenters. The van der Waals surface area contributed by atoms with Crippen molar-refractivity contribution in [2.45, 2.75) is 17.3 Å². The molecule has 0 aliphatic rings. The zero-order valence-corrected chi connectivity index (χ0v) is 12.6. The van der Waals surface area contributed by atoms with E-state index in [1.54, 1.807) is 11.8 Å². The molecule has 0 fully saturated rings. The molecule has 0 bridgehead atoms. The third-order valence-electron chi connectivity index (χ3n) is 2.19. The van der Waals surface area contributed by atoms with Crippen LogP contribution in [0, 0.1) is 0 Å². The maximum atomic E-state index is 5.32. The van der Waals surface area contributed by atoms with Crippen molar-refractivity contribution in [3.8, 4) is 0 Å². The second-order valence-corrected chi connectivity index (χ2v) is 5.54. The maximum absolute atomic E-state index is 5.32. The molecule has 1 aromatic heterocycles. The summed E-state index contributed by atoms with van der Waals surface area (Å²) >= 11 is 5.15. The Hall–Kier alpha value is -0.890. The molecule has 0 amide bonds. The minimum Gasteiger partial charge on any atom is -0.370 e. The van der Waals surface area contributed by atoms with Crippen LogP contribution in [0.4, 0.5) is 0 Å². The summed E-state index contributed by atoms with van der Waals surface area (Å²) in [6.45, 7) is 1.28. The molecule has 1 aromatic carbocycles. The average Bonchev–Trinajstić information content (AvgIpc) is 2.86. The van der Waals surface area contributed by atoms with Gasteiger partial charge in [0.1, 0.15) is 6.61 Å². The van der Waals surface area contributed by atoms with Crippen molar-refractivity contribution in [1.29, 1.82) is 0 Å². The minimum atomic E-state index is 0.309. The maximum Gasteiger partial charge on any atom is 0.252 e. The third kappa shape index (κ3) is 4.61. The lowest BCUT2D eigenvalue weighted by atomic mass is 10.4. The van der Waals surface area contributed by atoms with Gasteiger partial charge >= 0.3 is 0 Å². The number of benzene rings is 1. The molecule has 7 heteroatoms. The highest BCUT2D eigenvalue weighted by molar-refractivity contribution is 9.10. The molecule has 0 saturated carbocycles. The highest BCUT2D eigenvalue weighted by Crippen LogP contribution is 2.28. The number of thioether (sulfide) groups is 1. The Morgan fingerprint density at radius 2 is 2.21 bits per heavy atom. The molecule has 5 nitrogen and oxygen atoms in total. The molecule has 2 N–H and O–H groups in total. The van der Waals surface area contributed by atoms with Crippen LogP contribution in [0.25, 0.3) is 0 Å². The van der Waals surface area contributed by atoms with Crippen LogP contribution in [0.1, 0.15) is 11.7 Å². The number of hydrogen-bond acceptors (Lipinski definition) is 6. The number of nitrogens with two attached hydrogens (primary N) is 1. The molecule has 0 saturated heterocycles. The van der Waals surface area contributed by atoms with Gasteiger partial charge in [-0.15, -0.1) is 11.8 Å². The van der Waals surface area contributed by atoms with E-state index < -0.39 is 0 Å². The van der Waals surface area contributed by atoms with Crippen LogP contribution in [0.3, 0.4) is 0 Å².